The van der Waals surface area contributed by atoms with Crippen LogP contribution in [-0.2, 0) is 4.79 Å². The third-order valence-corrected chi connectivity index (χ3v) is 6.89. The van der Waals surface area contributed by atoms with E-state index in [4.69, 9.17) is 4.74 Å². The Kier molecular flexibility index (Phi) is 7.98. The standard InChI is InChI=1S/C28H27BrN2O4/c1-35-23-11-12-25(29)24(19-23)28(34)31-17-15-30(16-18-31)27(33)14-13-26(32)22-9-7-21(8-10-22)20-5-3-2-4-6-20/h2-12,19H,13-18H2,1H3. The van der Waals surface area contributed by atoms with E-state index in [1.165, 1.54) is 0 Å². The highest BCUT2D eigenvalue weighted by Crippen LogP contribution is 2.24. The van der Waals surface area contributed by atoms with Gasteiger partial charge in [0.2, 0.25) is 5.91 Å². The van der Waals surface area contributed by atoms with Crippen LogP contribution >= 0.6 is 15.9 Å². The van der Waals surface area contributed by atoms with Crippen molar-refractivity contribution in [3.63, 3.8) is 0 Å². The van der Waals surface area contributed by atoms with Crippen LogP contribution in [0, 0.1) is 0 Å². The van der Waals surface area contributed by atoms with Crippen LogP contribution in [0.1, 0.15) is 33.6 Å². The maximum absolute atomic E-state index is 12.9. The highest BCUT2D eigenvalue weighted by atomic mass is 79.9. The SMILES string of the molecule is COc1ccc(Br)c(C(=O)N2CCN(C(=O)CCC(=O)c3ccc(-c4ccccc4)cc3)CC2)c1. The number of nitrogens with zero attached hydrogens (tertiary/aromatic N) is 2. The number of ketones is 1. The van der Waals surface area contributed by atoms with Crippen molar-refractivity contribution in [2.45, 2.75) is 12.8 Å². The van der Waals surface area contributed by atoms with Gasteiger partial charge in [-0.05, 0) is 45.3 Å². The summed E-state index contributed by atoms with van der Waals surface area (Å²) in [5.74, 6) is 0.408. The van der Waals surface area contributed by atoms with Crippen LogP contribution in [0.3, 0.4) is 0 Å². The highest BCUT2D eigenvalue weighted by Gasteiger charge is 2.26. The van der Waals surface area contributed by atoms with Gasteiger partial charge in [-0.25, -0.2) is 0 Å². The largest absolute Gasteiger partial charge is 0.497 e. The molecule has 0 aliphatic carbocycles. The number of carbonyl (C=O) groups excluding carboxylic acids is 3. The third kappa shape index (κ3) is 5.98. The number of rotatable bonds is 7. The molecule has 1 aliphatic rings. The third-order valence-electron chi connectivity index (χ3n) is 6.20. The van der Waals surface area contributed by atoms with Crippen LogP contribution in [-0.4, -0.2) is 60.7 Å². The maximum Gasteiger partial charge on any atom is 0.255 e. The monoisotopic (exact) mass is 534 g/mol. The Labute approximate surface area is 213 Å². The smallest absolute Gasteiger partial charge is 0.255 e. The summed E-state index contributed by atoms with van der Waals surface area (Å²) in [6.07, 6.45) is 0.327. The molecule has 6 nitrogen and oxygen atoms in total. The van der Waals surface area contributed by atoms with Crippen molar-refractivity contribution in [3.05, 3.63) is 88.4 Å². The van der Waals surface area contributed by atoms with Crippen molar-refractivity contribution in [2.24, 2.45) is 0 Å². The molecule has 180 valence electrons. The number of ether oxygens (including phenoxy) is 1. The quantitative estimate of drug-likeness (QED) is 0.397. The molecule has 0 unspecified atom stereocenters. The fourth-order valence-corrected chi connectivity index (χ4v) is 4.54. The molecule has 7 heteroatoms. The Morgan fingerprint density at radius 2 is 1.43 bits per heavy atom. The molecule has 0 saturated carbocycles. The topological polar surface area (TPSA) is 66.9 Å². The molecule has 0 bridgehead atoms. The summed E-state index contributed by atoms with van der Waals surface area (Å²) in [6, 6.07) is 22.8. The lowest BCUT2D eigenvalue weighted by Gasteiger charge is -2.35. The number of piperazine rings is 1. The average Bonchev–Trinajstić information content (AvgIpc) is 2.92. The molecule has 0 spiro atoms. The van der Waals surface area contributed by atoms with Crippen molar-refractivity contribution in [2.75, 3.05) is 33.3 Å². The van der Waals surface area contributed by atoms with Gasteiger partial charge in [0, 0.05) is 49.1 Å². The highest BCUT2D eigenvalue weighted by molar-refractivity contribution is 9.10. The Hall–Kier alpha value is -3.45. The second-order valence-electron chi connectivity index (χ2n) is 8.39. The lowest BCUT2D eigenvalue weighted by Crippen LogP contribution is -2.50. The Morgan fingerprint density at radius 1 is 0.800 bits per heavy atom. The molecule has 1 aliphatic heterocycles. The van der Waals surface area contributed by atoms with E-state index in [-0.39, 0.29) is 30.4 Å². The Balaban J connectivity index is 1.27. The van der Waals surface area contributed by atoms with Crippen molar-refractivity contribution >= 4 is 33.5 Å². The van der Waals surface area contributed by atoms with Gasteiger partial charge < -0.3 is 14.5 Å². The second kappa shape index (κ2) is 11.3. The number of Topliss-reactive ketones (excluding diaryl/α,β-unsaturated/α-hetero) is 1. The molecule has 3 aromatic rings. The van der Waals surface area contributed by atoms with Crippen LogP contribution in [0.2, 0.25) is 0 Å². The number of hydrogen-bond donors (Lipinski definition) is 0. The molecular formula is C28H27BrN2O4. The van der Waals surface area contributed by atoms with E-state index in [0.717, 1.165) is 11.1 Å². The number of carbonyl (C=O) groups is 3. The molecule has 1 heterocycles. The molecule has 2 amide bonds. The summed E-state index contributed by atoms with van der Waals surface area (Å²) < 4.78 is 5.93. The Bertz CT molecular complexity index is 1200. The van der Waals surface area contributed by atoms with Crippen molar-refractivity contribution < 1.29 is 19.1 Å². The first-order chi connectivity index (χ1) is 17.0. The van der Waals surface area contributed by atoms with E-state index in [0.29, 0.717) is 47.5 Å². The minimum atomic E-state index is -0.1000. The fourth-order valence-electron chi connectivity index (χ4n) is 4.13. The lowest BCUT2D eigenvalue weighted by molar-refractivity contribution is -0.132. The summed E-state index contributed by atoms with van der Waals surface area (Å²) >= 11 is 3.43. The van der Waals surface area contributed by atoms with Gasteiger partial charge >= 0.3 is 0 Å². The molecule has 0 radical (unpaired) electrons. The van der Waals surface area contributed by atoms with E-state index in [9.17, 15) is 14.4 Å². The molecular weight excluding hydrogens is 508 g/mol. The normalized spacial score (nSPS) is 13.4. The van der Waals surface area contributed by atoms with E-state index >= 15 is 0 Å². The van der Waals surface area contributed by atoms with Crippen molar-refractivity contribution in [1.29, 1.82) is 0 Å². The Morgan fingerprint density at radius 3 is 2.09 bits per heavy atom. The lowest BCUT2D eigenvalue weighted by atomic mass is 10.0. The number of hydrogen-bond acceptors (Lipinski definition) is 4. The number of benzene rings is 3. The summed E-state index contributed by atoms with van der Waals surface area (Å²) in [5, 5.41) is 0. The van der Waals surface area contributed by atoms with Crippen molar-refractivity contribution in [3.8, 4) is 16.9 Å². The summed E-state index contributed by atoms with van der Waals surface area (Å²) in [5.41, 5.74) is 3.29. The molecule has 0 N–H and O–H groups in total. The minimum absolute atomic E-state index is 0.0466. The zero-order valence-electron chi connectivity index (χ0n) is 19.6. The van der Waals surface area contributed by atoms with Gasteiger partial charge in [-0.15, -0.1) is 0 Å². The predicted molar refractivity (Wildman–Crippen MR) is 139 cm³/mol. The van der Waals surface area contributed by atoms with Crippen LogP contribution in [0.5, 0.6) is 5.75 Å². The second-order valence-corrected chi connectivity index (χ2v) is 9.24. The fraction of sp³-hybridized carbons (Fsp3) is 0.250. The zero-order valence-corrected chi connectivity index (χ0v) is 21.2. The maximum atomic E-state index is 12.9. The van der Waals surface area contributed by atoms with Crippen LogP contribution < -0.4 is 4.74 Å². The van der Waals surface area contributed by atoms with Gasteiger partial charge in [0.25, 0.3) is 5.91 Å². The van der Waals surface area contributed by atoms with Gasteiger partial charge in [0.15, 0.2) is 5.78 Å². The molecule has 0 atom stereocenters. The molecule has 35 heavy (non-hydrogen) atoms. The van der Waals surface area contributed by atoms with Crippen LogP contribution in [0.4, 0.5) is 0 Å². The summed E-state index contributed by atoms with van der Waals surface area (Å²) in [7, 11) is 1.56. The minimum Gasteiger partial charge on any atom is -0.497 e. The molecule has 4 rings (SSSR count). The van der Waals surface area contributed by atoms with Crippen molar-refractivity contribution in [1.82, 2.24) is 9.80 Å². The first kappa shape index (κ1) is 24.7. The molecule has 1 saturated heterocycles. The summed E-state index contributed by atoms with van der Waals surface area (Å²) in [4.78, 5) is 41.7. The van der Waals surface area contributed by atoms with E-state index in [2.05, 4.69) is 15.9 Å². The first-order valence-corrected chi connectivity index (χ1v) is 12.3. The first-order valence-electron chi connectivity index (χ1n) is 11.6. The van der Waals surface area contributed by atoms with Crippen LogP contribution in [0.15, 0.2) is 77.3 Å². The molecule has 0 aromatic heterocycles. The zero-order chi connectivity index (χ0) is 24.8. The molecule has 3 aromatic carbocycles. The predicted octanol–water partition coefficient (Wildman–Crippen LogP) is 5.07. The summed E-state index contributed by atoms with van der Waals surface area (Å²) in [6.45, 7) is 1.80. The molecule has 1 fully saturated rings. The van der Waals surface area contributed by atoms with E-state index in [1.54, 1.807) is 35.1 Å². The number of amides is 2. The van der Waals surface area contributed by atoms with Gasteiger partial charge in [0.05, 0.1) is 12.7 Å². The van der Waals surface area contributed by atoms with E-state index in [1.807, 2.05) is 54.6 Å². The van der Waals surface area contributed by atoms with Gasteiger partial charge in [-0.1, -0.05) is 54.6 Å². The van der Waals surface area contributed by atoms with Gasteiger partial charge in [-0.2, -0.15) is 0 Å². The van der Waals surface area contributed by atoms with Gasteiger partial charge in [0.1, 0.15) is 5.75 Å². The van der Waals surface area contributed by atoms with E-state index < -0.39 is 0 Å². The number of halogens is 1. The average molecular weight is 535 g/mol. The number of methoxy groups -OCH3 is 1. The van der Waals surface area contributed by atoms with Gasteiger partial charge in [-0.3, -0.25) is 14.4 Å². The van der Waals surface area contributed by atoms with Crippen LogP contribution in [0.25, 0.3) is 11.1 Å².